The average Bonchev–Trinajstić information content (AvgIpc) is 2.98. The summed E-state index contributed by atoms with van der Waals surface area (Å²) in [7, 11) is 0. The van der Waals surface area contributed by atoms with Gasteiger partial charge in [-0.3, -0.25) is 9.48 Å². The second-order valence-corrected chi connectivity index (χ2v) is 5.94. The highest BCUT2D eigenvalue weighted by molar-refractivity contribution is 5.80. The molecule has 112 valence electrons. The minimum absolute atomic E-state index is 0.169. The van der Waals surface area contributed by atoms with E-state index in [9.17, 15) is 4.79 Å². The van der Waals surface area contributed by atoms with Crippen LogP contribution in [0.3, 0.4) is 0 Å². The standard InChI is InChI=1S/C15H26N4O/c1-12(2)18(11-14-5-8-16-9-6-14)15(20)13(3)19-10-4-7-17-19/h4,7,10,12-14,16H,5-6,8-9,11H2,1-3H3. The molecule has 0 radical (unpaired) electrons. The number of hydrogen-bond acceptors (Lipinski definition) is 3. The van der Waals surface area contributed by atoms with E-state index >= 15 is 0 Å². The fourth-order valence-corrected chi connectivity index (χ4v) is 2.76. The second-order valence-electron chi connectivity index (χ2n) is 5.94. The topological polar surface area (TPSA) is 50.2 Å². The third-order valence-electron chi connectivity index (χ3n) is 4.10. The summed E-state index contributed by atoms with van der Waals surface area (Å²) in [5.74, 6) is 0.787. The van der Waals surface area contributed by atoms with Crippen LogP contribution in [0.2, 0.25) is 0 Å². The molecule has 1 atom stereocenters. The van der Waals surface area contributed by atoms with Crippen LogP contribution >= 0.6 is 0 Å². The number of rotatable bonds is 5. The van der Waals surface area contributed by atoms with E-state index < -0.39 is 0 Å². The van der Waals surface area contributed by atoms with Gasteiger partial charge in [-0.25, -0.2) is 0 Å². The normalized spacial score (nSPS) is 18.2. The first-order valence-corrected chi connectivity index (χ1v) is 7.60. The number of carbonyl (C=O) groups is 1. The van der Waals surface area contributed by atoms with Gasteiger partial charge in [0.1, 0.15) is 6.04 Å². The van der Waals surface area contributed by atoms with Gasteiger partial charge in [0.15, 0.2) is 0 Å². The molecule has 1 aliphatic rings. The lowest BCUT2D eigenvalue weighted by Crippen LogP contribution is -2.45. The van der Waals surface area contributed by atoms with Gasteiger partial charge in [-0.2, -0.15) is 5.10 Å². The molecular formula is C15H26N4O. The van der Waals surface area contributed by atoms with Crippen molar-refractivity contribution in [1.82, 2.24) is 20.0 Å². The average molecular weight is 278 g/mol. The van der Waals surface area contributed by atoms with Crippen molar-refractivity contribution in [1.29, 1.82) is 0 Å². The molecule has 2 heterocycles. The maximum atomic E-state index is 12.7. The van der Waals surface area contributed by atoms with Crippen LogP contribution in [0, 0.1) is 5.92 Å². The van der Waals surface area contributed by atoms with E-state index in [0.29, 0.717) is 5.92 Å². The molecule has 5 nitrogen and oxygen atoms in total. The monoisotopic (exact) mass is 278 g/mol. The fourth-order valence-electron chi connectivity index (χ4n) is 2.76. The molecule has 0 aliphatic carbocycles. The minimum Gasteiger partial charge on any atom is -0.338 e. The van der Waals surface area contributed by atoms with Crippen LogP contribution in [-0.2, 0) is 4.79 Å². The van der Waals surface area contributed by atoms with E-state index in [1.807, 2.05) is 24.1 Å². The number of nitrogens with zero attached hydrogens (tertiary/aromatic N) is 3. The molecule has 0 saturated carbocycles. The molecule has 1 amide bonds. The SMILES string of the molecule is CC(C)N(CC1CCNCC1)C(=O)C(C)n1cccn1. The number of amides is 1. The second kappa shape index (κ2) is 6.88. The van der Waals surface area contributed by atoms with Crippen LogP contribution in [0.4, 0.5) is 0 Å². The summed E-state index contributed by atoms with van der Waals surface area (Å²) in [6, 6.07) is 1.86. The van der Waals surface area contributed by atoms with Crippen molar-refractivity contribution in [2.24, 2.45) is 5.92 Å². The molecule has 1 aromatic heterocycles. The molecule has 1 fully saturated rings. The number of aromatic nitrogens is 2. The first-order chi connectivity index (χ1) is 9.59. The zero-order valence-electron chi connectivity index (χ0n) is 12.7. The third-order valence-corrected chi connectivity index (χ3v) is 4.10. The molecule has 0 aromatic carbocycles. The first kappa shape index (κ1) is 15.0. The van der Waals surface area contributed by atoms with Gasteiger partial charge in [0.25, 0.3) is 0 Å². The summed E-state index contributed by atoms with van der Waals surface area (Å²) in [4.78, 5) is 14.7. The Morgan fingerprint density at radius 2 is 2.10 bits per heavy atom. The molecule has 1 N–H and O–H groups in total. The maximum Gasteiger partial charge on any atom is 0.247 e. The zero-order chi connectivity index (χ0) is 14.5. The van der Waals surface area contributed by atoms with Crippen molar-refractivity contribution in [2.75, 3.05) is 19.6 Å². The van der Waals surface area contributed by atoms with Crippen molar-refractivity contribution in [2.45, 2.75) is 45.7 Å². The Kier molecular flexibility index (Phi) is 5.17. The molecule has 1 aliphatic heterocycles. The van der Waals surface area contributed by atoms with Crippen LogP contribution in [0.25, 0.3) is 0 Å². The largest absolute Gasteiger partial charge is 0.338 e. The molecule has 2 rings (SSSR count). The van der Waals surface area contributed by atoms with Crippen molar-refractivity contribution >= 4 is 5.91 Å². The van der Waals surface area contributed by atoms with Gasteiger partial charge < -0.3 is 10.2 Å². The Morgan fingerprint density at radius 3 is 2.65 bits per heavy atom. The van der Waals surface area contributed by atoms with Gasteiger partial charge in [0.2, 0.25) is 5.91 Å². The van der Waals surface area contributed by atoms with Gasteiger partial charge in [-0.1, -0.05) is 0 Å². The van der Waals surface area contributed by atoms with Gasteiger partial charge >= 0.3 is 0 Å². The molecule has 1 saturated heterocycles. The van der Waals surface area contributed by atoms with E-state index in [4.69, 9.17) is 0 Å². The lowest BCUT2D eigenvalue weighted by molar-refractivity contribution is -0.137. The summed E-state index contributed by atoms with van der Waals surface area (Å²) in [6.07, 6.45) is 5.89. The fraction of sp³-hybridized carbons (Fsp3) is 0.733. The molecule has 0 spiro atoms. The van der Waals surface area contributed by atoms with Crippen LogP contribution in [-0.4, -0.2) is 46.3 Å². The summed E-state index contributed by atoms with van der Waals surface area (Å²) < 4.78 is 1.74. The number of piperidine rings is 1. The smallest absolute Gasteiger partial charge is 0.247 e. The van der Waals surface area contributed by atoms with Crippen molar-refractivity contribution in [3.8, 4) is 0 Å². The molecule has 1 unspecified atom stereocenters. The molecule has 20 heavy (non-hydrogen) atoms. The maximum absolute atomic E-state index is 12.7. The first-order valence-electron chi connectivity index (χ1n) is 7.60. The predicted molar refractivity (Wildman–Crippen MR) is 79.4 cm³/mol. The highest BCUT2D eigenvalue weighted by Gasteiger charge is 2.27. The highest BCUT2D eigenvalue weighted by Crippen LogP contribution is 2.18. The molecular weight excluding hydrogens is 252 g/mol. The minimum atomic E-state index is -0.228. The van der Waals surface area contributed by atoms with E-state index in [2.05, 4.69) is 24.3 Å². The lowest BCUT2D eigenvalue weighted by Gasteiger charge is -2.34. The Labute approximate surface area is 121 Å². The van der Waals surface area contributed by atoms with Crippen molar-refractivity contribution in [3.05, 3.63) is 18.5 Å². The van der Waals surface area contributed by atoms with E-state index in [1.54, 1.807) is 10.9 Å². The van der Waals surface area contributed by atoms with Crippen molar-refractivity contribution < 1.29 is 4.79 Å². The van der Waals surface area contributed by atoms with Crippen LogP contribution in [0.5, 0.6) is 0 Å². The quantitative estimate of drug-likeness (QED) is 0.891. The molecule has 5 heteroatoms. The molecule has 1 aromatic rings. The Balaban J connectivity index is 2.01. The summed E-state index contributed by atoms with van der Waals surface area (Å²) in [6.45, 7) is 9.11. The Hall–Kier alpha value is -1.36. The Bertz CT molecular complexity index is 410. The summed E-state index contributed by atoms with van der Waals surface area (Å²) in [5, 5.41) is 7.56. The summed E-state index contributed by atoms with van der Waals surface area (Å²) in [5.41, 5.74) is 0. The third kappa shape index (κ3) is 3.60. The van der Waals surface area contributed by atoms with Crippen LogP contribution in [0.15, 0.2) is 18.5 Å². The number of hydrogen-bond donors (Lipinski definition) is 1. The van der Waals surface area contributed by atoms with E-state index in [0.717, 1.165) is 32.5 Å². The Morgan fingerprint density at radius 1 is 1.40 bits per heavy atom. The van der Waals surface area contributed by atoms with Crippen LogP contribution in [0.1, 0.15) is 39.7 Å². The number of nitrogens with one attached hydrogen (secondary N) is 1. The van der Waals surface area contributed by atoms with Crippen molar-refractivity contribution in [3.63, 3.8) is 0 Å². The van der Waals surface area contributed by atoms with E-state index in [1.165, 1.54) is 0 Å². The number of carbonyl (C=O) groups excluding carboxylic acids is 1. The molecule has 0 bridgehead atoms. The van der Waals surface area contributed by atoms with Gasteiger partial charge in [-0.15, -0.1) is 0 Å². The lowest BCUT2D eigenvalue weighted by atomic mass is 9.96. The van der Waals surface area contributed by atoms with Gasteiger partial charge in [0, 0.05) is 25.0 Å². The zero-order valence-corrected chi connectivity index (χ0v) is 12.7. The highest BCUT2D eigenvalue weighted by atomic mass is 16.2. The van der Waals surface area contributed by atoms with E-state index in [-0.39, 0.29) is 18.0 Å². The van der Waals surface area contributed by atoms with Gasteiger partial charge in [-0.05, 0) is 58.7 Å². The summed E-state index contributed by atoms with van der Waals surface area (Å²) >= 11 is 0. The predicted octanol–water partition coefficient (Wildman–Crippen LogP) is 1.68. The van der Waals surface area contributed by atoms with Gasteiger partial charge in [0.05, 0.1) is 0 Å². The van der Waals surface area contributed by atoms with Crippen LogP contribution < -0.4 is 5.32 Å².